The summed E-state index contributed by atoms with van der Waals surface area (Å²) in [5.74, 6) is -2.18. The van der Waals surface area contributed by atoms with Crippen LogP contribution in [-0.2, 0) is 23.6 Å². The van der Waals surface area contributed by atoms with Crippen LogP contribution in [0.25, 0.3) is 11.1 Å². The van der Waals surface area contributed by atoms with Crippen LogP contribution in [0.4, 0.5) is 0 Å². The standard InChI is InChI=1S/C21H23O8P/c22-9-11-27-20(24)13-15(21(25)28-12-10-23)14-30(26)19-8-4-2-6-17(19)16-5-1-3-7-18(16)29-30/h1-8,15,22-23H,9-14H2/t15-,30+/m0/s1. The van der Waals surface area contributed by atoms with Crippen LogP contribution in [0, 0.1) is 5.92 Å². The molecule has 160 valence electrons. The molecule has 3 rings (SSSR count). The first-order chi connectivity index (χ1) is 14.5. The molecule has 9 heteroatoms. The van der Waals surface area contributed by atoms with Gasteiger partial charge in [-0.05, 0) is 17.7 Å². The first-order valence-electron chi connectivity index (χ1n) is 9.50. The minimum atomic E-state index is -3.58. The quantitative estimate of drug-likeness (QED) is 0.452. The third-order valence-corrected chi connectivity index (χ3v) is 7.13. The number of rotatable bonds is 9. The van der Waals surface area contributed by atoms with E-state index in [0.717, 1.165) is 11.1 Å². The first kappa shape index (κ1) is 22.0. The Bertz CT molecular complexity index is 958. The van der Waals surface area contributed by atoms with Crippen molar-refractivity contribution in [3.63, 3.8) is 0 Å². The lowest BCUT2D eigenvalue weighted by Crippen LogP contribution is -2.30. The summed E-state index contributed by atoms with van der Waals surface area (Å²) in [6.45, 7) is -1.18. The maximum absolute atomic E-state index is 13.9. The summed E-state index contributed by atoms with van der Waals surface area (Å²) < 4.78 is 29.7. The Balaban J connectivity index is 1.91. The van der Waals surface area contributed by atoms with Gasteiger partial charge in [-0.3, -0.25) is 14.2 Å². The maximum Gasteiger partial charge on any atom is 0.310 e. The number of carbonyl (C=O) groups is 2. The lowest BCUT2D eigenvalue weighted by molar-refractivity contribution is -0.155. The Morgan fingerprint density at radius 1 is 0.933 bits per heavy atom. The number of hydrogen-bond donors (Lipinski definition) is 2. The van der Waals surface area contributed by atoms with Crippen LogP contribution >= 0.6 is 7.37 Å². The van der Waals surface area contributed by atoms with Crippen molar-refractivity contribution in [2.75, 3.05) is 32.6 Å². The van der Waals surface area contributed by atoms with Crippen molar-refractivity contribution in [1.82, 2.24) is 0 Å². The third kappa shape index (κ3) is 4.90. The molecule has 0 fully saturated rings. The van der Waals surface area contributed by atoms with Crippen LogP contribution in [0.15, 0.2) is 48.5 Å². The molecule has 8 nitrogen and oxygen atoms in total. The lowest BCUT2D eigenvalue weighted by Gasteiger charge is -2.30. The molecule has 2 N–H and O–H groups in total. The lowest BCUT2D eigenvalue weighted by atomic mass is 10.0. The van der Waals surface area contributed by atoms with Crippen LogP contribution < -0.4 is 9.83 Å². The van der Waals surface area contributed by atoms with E-state index in [1.54, 1.807) is 24.3 Å². The molecule has 0 aliphatic carbocycles. The average Bonchev–Trinajstić information content (AvgIpc) is 2.75. The highest BCUT2D eigenvalue weighted by Gasteiger charge is 2.41. The highest BCUT2D eigenvalue weighted by molar-refractivity contribution is 7.67. The number of benzene rings is 2. The third-order valence-electron chi connectivity index (χ3n) is 4.59. The Morgan fingerprint density at radius 3 is 2.30 bits per heavy atom. The van der Waals surface area contributed by atoms with Gasteiger partial charge in [0.05, 0.1) is 37.0 Å². The molecule has 0 aromatic heterocycles. The maximum atomic E-state index is 13.9. The van der Waals surface area contributed by atoms with E-state index in [-0.39, 0.29) is 39.0 Å². The zero-order valence-electron chi connectivity index (χ0n) is 16.2. The molecule has 2 aromatic rings. The topological polar surface area (TPSA) is 119 Å². The molecule has 0 amide bonds. The second kappa shape index (κ2) is 9.89. The number of fused-ring (bicyclic) bond motifs is 3. The summed E-state index contributed by atoms with van der Waals surface area (Å²) in [4.78, 5) is 24.6. The SMILES string of the molecule is O=C(C[C@@H](C[P@@]1(=O)Oc2ccccc2-c2ccccc21)C(=O)OCCO)OCCO. The van der Waals surface area contributed by atoms with Crippen molar-refractivity contribution in [3.8, 4) is 16.9 Å². The zero-order chi connectivity index (χ0) is 21.6. The van der Waals surface area contributed by atoms with Gasteiger partial charge in [0.1, 0.15) is 19.0 Å². The van der Waals surface area contributed by atoms with Gasteiger partial charge in [0.25, 0.3) is 7.37 Å². The predicted octanol–water partition coefficient (Wildman–Crippen LogP) is 1.73. The van der Waals surface area contributed by atoms with Crippen LogP contribution in [0.2, 0.25) is 0 Å². The fraction of sp³-hybridized carbons (Fsp3) is 0.333. The van der Waals surface area contributed by atoms with E-state index < -0.39 is 25.2 Å². The summed E-state index contributed by atoms with van der Waals surface area (Å²) in [6.07, 6.45) is -0.655. The number of para-hydroxylation sites is 1. The van der Waals surface area contributed by atoms with E-state index in [9.17, 15) is 14.2 Å². The molecule has 2 atom stereocenters. The van der Waals surface area contributed by atoms with Gasteiger partial charge in [-0.15, -0.1) is 0 Å². The summed E-state index contributed by atoms with van der Waals surface area (Å²) in [5, 5.41) is 18.2. The molecule has 1 aliphatic heterocycles. The van der Waals surface area contributed by atoms with Gasteiger partial charge in [0.2, 0.25) is 0 Å². The molecule has 0 spiro atoms. The minimum absolute atomic E-state index is 0.207. The van der Waals surface area contributed by atoms with Gasteiger partial charge in [-0.1, -0.05) is 36.4 Å². The highest BCUT2D eigenvalue weighted by atomic mass is 31.2. The van der Waals surface area contributed by atoms with Gasteiger partial charge in [-0.2, -0.15) is 0 Å². The van der Waals surface area contributed by atoms with Crippen LogP contribution in [0.1, 0.15) is 6.42 Å². The second-order valence-corrected chi connectivity index (χ2v) is 9.07. The molecular weight excluding hydrogens is 411 g/mol. The van der Waals surface area contributed by atoms with Gasteiger partial charge >= 0.3 is 11.9 Å². The molecule has 2 aromatic carbocycles. The Kier molecular flexibility index (Phi) is 7.26. The van der Waals surface area contributed by atoms with Crippen LogP contribution in [-0.4, -0.2) is 54.7 Å². The smallest absolute Gasteiger partial charge is 0.310 e. The van der Waals surface area contributed by atoms with Gasteiger partial charge in [-0.25, -0.2) is 0 Å². The Hall–Kier alpha value is -2.67. The van der Waals surface area contributed by atoms with Crippen LogP contribution in [0.3, 0.4) is 0 Å². The van der Waals surface area contributed by atoms with Crippen molar-refractivity contribution in [1.29, 1.82) is 0 Å². The summed E-state index contributed by atoms with van der Waals surface area (Å²) in [7, 11) is -3.58. The molecule has 30 heavy (non-hydrogen) atoms. The van der Waals surface area contributed by atoms with E-state index in [0.29, 0.717) is 11.1 Å². The number of carbonyl (C=O) groups excluding carboxylic acids is 2. The minimum Gasteiger partial charge on any atom is -0.463 e. The van der Waals surface area contributed by atoms with Gasteiger partial charge in [0.15, 0.2) is 0 Å². The molecule has 1 aliphatic rings. The number of ether oxygens (including phenoxy) is 2. The molecule has 0 radical (unpaired) electrons. The molecule has 0 unspecified atom stereocenters. The van der Waals surface area contributed by atoms with E-state index in [1.165, 1.54) is 0 Å². The Labute approximate surface area is 173 Å². The normalized spacial score (nSPS) is 17.8. The van der Waals surface area contributed by atoms with E-state index in [4.69, 9.17) is 24.2 Å². The number of aliphatic hydroxyl groups excluding tert-OH is 2. The number of esters is 2. The first-order valence-corrected chi connectivity index (χ1v) is 11.3. The molecule has 0 saturated carbocycles. The molecule has 0 saturated heterocycles. The van der Waals surface area contributed by atoms with Crippen molar-refractivity contribution < 1.29 is 38.4 Å². The Morgan fingerprint density at radius 2 is 1.57 bits per heavy atom. The largest absolute Gasteiger partial charge is 0.463 e. The van der Waals surface area contributed by atoms with Gasteiger partial charge < -0.3 is 24.2 Å². The van der Waals surface area contributed by atoms with Crippen molar-refractivity contribution in [3.05, 3.63) is 48.5 Å². The summed E-state index contributed by atoms with van der Waals surface area (Å²) in [5.41, 5.74) is 1.54. The fourth-order valence-corrected chi connectivity index (χ4v) is 5.89. The highest BCUT2D eigenvalue weighted by Crippen LogP contribution is 2.55. The van der Waals surface area contributed by atoms with Crippen LogP contribution in [0.5, 0.6) is 5.75 Å². The number of aliphatic hydroxyl groups is 2. The van der Waals surface area contributed by atoms with Crippen molar-refractivity contribution in [2.24, 2.45) is 5.92 Å². The predicted molar refractivity (Wildman–Crippen MR) is 109 cm³/mol. The summed E-state index contributed by atoms with van der Waals surface area (Å²) >= 11 is 0. The summed E-state index contributed by atoms with van der Waals surface area (Å²) in [6, 6.07) is 14.2. The van der Waals surface area contributed by atoms with Crippen molar-refractivity contribution >= 4 is 24.6 Å². The monoisotopic (exact) mass is 434 g/mol. The zero-order valence-corrected chi connectivity index (χ0v) is 17.1. The average molecular weight is 434 g/mol. The number of hydrogen-bond acceptors (Lipinski definition) is 8. The van der Waals surface area contributed by atoms with E-state index >= 15 is 0 Å². The molecule has 1 heterocycles. The molecule has 0 bridgehead atoms. The van der Waals surface area contributed by atoms with E-state index in [1.807, 2.05) is 24.3 Å². The van der Waals surface area contributed by atoms with Crippen molar-refractivity contribution in [2.45, 2.75) is 6.42 Å². The second-order valence-electron chi connectivity index (χ2n) is 6.70. The fourth-order valence-electron chi connectivity index (χ4n) is 3.31. The van der Waals surface area contributed by atoms with E-state index in [2.05, 4.69) is 0 Å². The van der Waals surface area contributed by atoms with Gasteiger partial charge in [0, 0.05) is 5.56 Å². The molecular formula is C21H23O8P.